The predicted molar refractivity (Wildman–Crippen MR) is 87.2 cm³/mol. The van der Waals surface area contributed by atoms with Gasteiger partial charge in [0.25, 0.3) is 0 Å². The fraction of sp³-hybridized carbons (Fsp3) is 0.278. The molecule has 0 aliphatic carbocycles. The van der Waals surface area contributed by atoms with E-state index in [1.807, 2.05) is 54.6 Å². The molecule has 0 bridgehead atoms. The van der Waals surface area contributed by atoms with Gasteiger partial charge in [0, 0.05) is 12.0 Å². The summed E-state index contributed by atoms with van der Waals surface area (Å²) in [4.78, 5) is 12.3. The van der Waals surface area contributed by atoms with Crippen LogP contribution in [0.15, 0.2) is 54.6 Å². The van der Waals surface area contributed by atoms with E-state index >= 15 is 0 Å². The molecule has 5 heteroatoms. The Bertz CT molecular complexity index is 660. The van der Waals surface area contributed by atoms with Crippen molar-refractivity contribution >= 4 is 6.03 Å². The molecular weight excluding hydrogens is 292 g/mol. The summed E-state index contributed by atoms with van der Waals surface area (Å²) in [5.41, 5.74) is 1.85. The van der Waals surface area contributed by atoms with Gasteiger partial charge in [-0.05, 0) is 11.6 Å². The highest BCUT2D eigenvalue weighted by molar-refractivity contribution is 5.75. The quantitative estimate of drug-likeness (QED) is 0.812. The van der Waals surface area contributed by atoms with Crippen molar-refractivity contribution in [1.29, 1.82) is 0 Å². The Balaban J connectivity index is 1.66. The SMILES string of the molecule is O=C(NC(CO)c1ccccc1)NC1CCOc2ccccc21. The number of urea groups is 1. The third kappa shape index (κ3) is 3.63. The molecule has 0 radical (unpaired) electrons. The summed E-state index contributed by atoms with van der Waals surface area (Å²) in [5, 5.41) is 15.3. The normalized spacial score (nSPS) is 17.5. The van der Waals surface area contributed by atoms with Gasteiger partial charge in [0.2, 0.25) is 0 Å². The first kappa shape index (κ1) is 15.4. The molecule has 2 aromatic carbocycles. The number of ether oxygens (including phenoxy) is 1. The van der Waals surface area contributed by atoms with E-state index in [0.29, 0.717) is 6.61 Å². The molecule has 1 heterocycles. The first-order valence-corrected chi connectivity index (χ1v) is 7.72. The number of para-hydroxylation sites is 1. The van der Waals surface area contributed by atoms with E-state index in [0.717, 1.165) is 23.3 Å². The van der Waals surface area contributed by atoms with Gasteiger partial charge < -0.3 is 20.5 Å². The number of carbonyl (C=O) groups excluding carboxylic acids is 1. The van der Waals surface area contributed by atoms with Gasteiger partial charge in [0.1, 0.15) is 5.75 Å². The summed E-state index contributed by atoms with van der Waals surface area (Å²) in [6.45, 7) is 0.422. The lowest BCUT2D eigenvalue weighted by atomic mass is 10.0. The first-order valence-electron chi connectivity index (χ1n) is 7.72. The average molecular weight is 312 g/mol. The van der Waals surface area contributed by atoms with Gasteiger partial charge in [-0.2, -0.15) is 0 Å². The molecule has 23 heavy (non-hydrogen) atoms. The topological polar surface area (TPSA) is 70.6 Å². The lowest BCUT2D eigenvalue weighted by molar-refractivity contribution is 0.206. The highest BCUT2D eigenvalue weighted by Gasteiger charge is 2.23. The van der Waals surface area contributed by atoms with Gasteiger partial charge in [0.15, 0.2) is 0 Å². The van der Waals surface area contributed by atoms with Crippen LogP contribution in [-0.4, -0.2) is 24.4 Å². The second-order valence-corrected chi connectivity index (χ2v) is 5.49. The molecule has 0 spiro atoms. The van der Waals surface area contributed by atoms with Gasteiger partial charge in [-0.25, -0.2) is 4.79 Å². The summed E-state index contributed by atoms with van der Waals surface area (Å²) in [6.07, 6.45) is 0.722. The number of nitrogens with one attached hydrogen (secondary N) is 2. The summed E-state index contributed by atoms with van der Waals surface area (Å²) < 4.78 is 5.60. The van der Waals surface area contributed by atoms with E-state index in [9.17, 15) is 9.90 Å². The highest BCUT2D eigenvalue weighted by Crippen LogP contribution is 2.31. The van der Waals surface area contributed by atoms with Crippen molar-refractivity contribution in [2.45, 2.75) is 18.5 Å². The van der Waals surface area contributed by atoms with Crippen LogP contribution in [0.4, 0.5) is 4.79 Å². The molecule has 3 rings (SSSR count). The molecule has 0 saturated carbocycles. The maximum Gasteiger partial charge on any atom is 0.315 e. The second-order valence-electron chi connectivity index (χ2n) is 5.49. The number of benzene rings is 2. The van der Waals surface area contributed by atoms with Gasteiger partial charge >= 0.3 is 6.03 Å². The fourth-order valence-corrected chi connectivity index (χ4v) is 2.77. The molecule has 1 aliphatic heterocycles. The van der Waals surface area contributed by atoms with Crippen LogP contribution in [0.5, 0.6) is 5.75 Å². The van der Waals surface area contributed by atoms with Crippen LogP contribution >= 0.6 is 0 Å². The minimum atomic E-state index is -0.425. The third-order valence-corrected chi connectivity index (χ3v) is 3.95. The van der Waals surface area contributed by atoms with E-state index in [1.165, 1.54) is 0 Å². The van der Waals surface area contributed by atoms with Crippen LogP contribution in [-0.2, 0) is 0 Å². The minimum absolute atomic E-state index is 0.0879. The van der Waals surface area contributed by atoms with Crippen molar-refractivity contribution in [3.05, 3.63) is 65.7 Å². The summed E-state index contributed by atoms with van der Waals surface area (Å²) in [5.74, 6) is 0.811. The van der Waals surface area contributed by atoms with Crippen molar-refractivity contribution in [2.75, 3.05) is 13.2 Å². The van der Waals surface area contributed by atoms with Crippen LogP contribution in [0.2, 0.25) is 0 Å². The summed E-state index contributed by atoms with van der Waals surface area (Å²) >= 11 is 0. The van der Waals surface area contributed by atoms with Crippen molar-refractivity contribution in [3.8, 4) is 5.75 Å². The average Bonchev–Trinajstić information content (AvgIpc) is 2.61. The lowest BCUT2D eigenvalue weighted by Gasteiger charge is -2.27. The molecule has 1 aliphatic rings. The molecule has 2 atom stereocenters. The van der Waals surface area contributed by atoms with E-state index in [-0.39, 0.29) is 18.7 Å². The van der Waals surface area contributed by atoms with Crippen molar-refractivity contribution in [3.63, 3.8) is 0 Å². The number of hydrogen-bond acceptors (Lipinski definition) is 3. The maximum atomic E-state index is 12.3. The largest absolute Gasteiger partial charge is 0.493 e. The van der Waals surface area contributed by atoms with Crippen LogP contribution in [0.25, 0.3) is 0 Å². The number of carbonyl (C=O) groups is 1. The van der Waals surface area contributed by atoms with Gasteiger partial charge in [-0.3, -0.25) is 0 Å². The zero-order valence-corrected chi connectivity index (χ0v) is 12.7. The number of aliphatic hydroxyl groups is 1. The Morgan fingerprint density at radius 3 is 2.70 bits per heavy atom. The van der Waals surface area contributed by atoms with Crippen LogP contribution in [0.1, 0.15) is 29.6 Å². The van der Waals surface area contributed by atoms with E-state index < -0.39 is 6.04 Å². The standard InChI is InChI=1S/C18H20N2O3/c21-12-16(13-6-2-1-3-7-13)20-18(22)19-15-10-11-23-17-9-5-4-8-14(15)17/h1-9,15-16,21H,10-12H2,(H2,19,20,22). The Morgan fingerprint density at radius 1 is 1.17 bits per heavy atom. The Kier molecular flexibility index (Phi) is 4.78. The fourth-order valence-electron chi connectivity index (χ4n) is 2.77. The molecule has 0 aromatic heterocycles. The second kappa shape index (κ2) is 7.15. The first-order chi connectivity index (χ1) is 11.3. The van der Waals surface area contributed by atoms with Crippen molar-refractivity contribution in [2.24, 2.45) is 0 Å². The molecule has 3 N–H and O–H groups in total. The molecule has 2 unspecified atom stereocenters. The van der Waals surface area contributed by atoms with Gasteiger partial charge in [0.05, 0.1) is 25.3 Å². The monoisotopic (exact) mass is 312 g/mol. The number of fused-ring (bicyclic) bond motifs is 1. The van der Waals surface area contributed by atoms with Crippen LogP contribution < -0.4 is 15.4 Å². The number of aliphatic hydroxyl groups excluding tert-OH is 1. The minimum Gasteiger partial charge on any atom is -0.493 e. The molecule has 2 amide bonds. The molecule has 0 saturated heterocycles. The molecule has 0 fully saturated rings. The maximum absolute atomic E-state index is 12.3. The predicted octanol–water partition coefficient (Wildman–Crippen LogP) is 2.54. The smallest absolute Gasteiger partial charge is 0.315 e. The Hall–Kier alpha value is -2.53. The van der Waals surface area contributed by atoms with E-state index in [4.69, 9.17) is 4.74 Å². The number of hydrogen-bond donors (Lipinski definition) is 3. The van der Waals surface area contributed by atoms with Crippen LogP contribution in [0.3, 0.4) is 0 Å². The number of amides is 2. The third-order valence-electron chi connectivity index (χ3n) is 3.95. The Morgan fingerprint density at radius 2 is 1.91 bits per heavy atom. The Labute approximate surface area is 135 Å². The molecule has 2 aromatic rings. The van der Waals surface area contributed by atoms with E-state index in [2.05, 4.69) is 10.6 Å². The lowest BCUT2D eigenvalue weighted by Crippen LogP contribution is -2.42. The summed E-state index contributed by atoms with van der Waals surface area (Å²) in [6, 6.07) is 16.3. The molecule has 5 nitrogen and oxygen atoms in total. The van der Waals surface area contributed by atoms with Crippen LogP contribution in [0, 0.1) is 0 Å². The van der Waals surface area contributed by atoms with Crippen molar-refractivity contribution < 1.29 is 14.6 Å². The zero-order chi connectivity index (χ0) is 16.1. The molecular formula is C18H20N2O3. The summed E-state index contributed by atoms with van der Waals surface area (Å²) in [7, 11) is 0. The van der Waals surface area contributed by atoms with Gasteiger partial charge in [-0.15, -0.1) is 0 Å². The van der Waals surface area contributed by atoms with Gasteiger partial charge in [-0.1, -0.05) is 48.5 Å². The van der Waals surface area contributed by atoms with E-state index in [1.54, 1.807) is 0 Å². The zero-order valence-electron chi connectivity index (χ0n) is 12.7. The highest BCUT2D eigenvalue weighted by atomic mass is 16.5. The van der Waals surface area contributed by atoms with Crippen molar-refractivity contribution in [1.82, 2.24) is 10.6 Å². The number of rotatable bonds is 4. The molecule has 120 valence electrons.